The van der Waals surface area contributed by atoms with Gasteiger partial charge in [-0.15, -0.1) is 6.42 Å². The predicted octanol–water partition coefficient (Wildman–Crippen LogP) is 3.39. The van der Waals surface area contributed by atoms with E-state index in [1.807, 2.05) is 25.1 Å². The smallest absolute Gasteiger partial charge is 0.0943 e. The quantitative estimate of drug-likeness (QED) is 0.832. The van der Waals surface area contributed by atoms with Gasteiger partial charge in [-0.25, -0.2) is 0 Å². The van der Waals surface area contributed by atoms with Crippen LogP contribution in [0, 0.1) is 12.3 Å². The van der Waals surface area contributed by atoms with Gasteiger partial charge >= 0.3 is 0 Å². The summed E-state index contributed by atoms with van der Waals surface area (Å²) in [5.41, 5.74) is 1.02. The highest BCUT2D eigenvalue weighted by molar-refractivity contribution is 9.10. The van der Waals surface area contributed by atoms with E-state index in [1.165, 1.54) is 0 Å². The number of nitrogens with one attached hydrogen (secondary N) is 1. The van der Waals surface area contributed by atoms with Gasteiger partial charge in [0.2, 0.25) is 0 Å². The molecule has 0 fully saturated rings. The van der Waals surface area contributed by atoms with Crippen LogP contribution in [0.25, 0.3) is 0 Å². The number of halogens is 2. The van der Waals surface area contributed by atoms with Crippen molar-refractivity contribution in [2.75, 3.05) is 6.54 Å². The number of rotatable bonds is 3. The van der Waals surface area contributed by atoms with Gasteiger partial charge < -0.3 is 5.32 Å². The lowest BCUT2D eigenvalue weighted by atomic mass is 10.1. The van der Waals surface area contributed by atoms with E-state index in [2.05, 4.69) is 27.2 Å². The van der Waals surface area contributed by atoms with Crippen LogP contribution in [0.15, 0.2) is 22.7 Å². The molecule has 0 aliphatic carbocycles. The standard InChI is InChI=1S/C11H11BrClN/c1-3-11(14-4-2)8-5-6-9(12)10(13)7-8/h1,5-7,11,14H,4H2,2H3. The summed E-state index contributed by atoms with van der Waals surface area (Å²) in [6.07, 6.45) is 5.41. The Balaban J connectivity index is 2.95. The second-order valence-corrected chi connectivity index (χ2v) is 4.09. The van der Waals surface area contributed by atoms with Gasteiger partial charge in [-0.3, -0.25) is 0 Å². The largest absolute Gasteiger partial charge is 0.300 e. The van der Waals surface area contributed by atoms with Gasteiger partial charge in [0.15, 0.2) is 0 Å². The van der Waals surface area contributed by atoms with E-state index in [4.69, 9.17) is 18.0 Å². The van der Waals surface area contributed by atoms with E-state index in [1.54, 1.807) is 0 Å². The maximum atomic E-state index is 5.97. The minimum absolute atomic E-state index is 0.0643. The Morgan fingerprint density at radius 1 is 1.64 bits per heavy atom. The molecule has 0 radical (unpaired) electrons. The van der Waals surface area contributed by atoms with Gasteiger partial charge in [-0.2, -0.15) is 0 Å². The van der Waals surface area contributed by atoms with Crippen LogP contribution in [0.5, 0.6) is 0 Å². The molecule has 1 unspecified atom stereocenters. The van der Waals surface area contributed by atoms with Crippen LogP contribution in [0.2, 0.25) is 5.02 Å². The summed E-state index contributed by atoms with van der Waals surface area (Å²) < 4.78 is 0.884. The Morgan fingerprint density at radius 3 is 2.86 bits per heavy atom. The molecule has 1 aromatic rings. The highest BCUT2D eigenvalue weighted by Gasteiger charge is 2.07. The number of hydrogen-bond donors (Lipinski definition) is 1. The Kier molecular flexibility index (Phi) is 4.47. The van der Waals surface area contributed by atoms with E-state index in [0.717, 1.165) is 16.6 Å². The molecule has 1 rings (SSSR count). The van der Waals surface area contributed by atoms with E-state index >= 15 is 0 Å². The van der Waals surface area contributed by atoms with Gasteiger partial charge in [0.05, 0.1) is 11.1 Å². The van der Waals surface area contributed by atoms with Crippen LogP contribution in [0.4, 0.5) is 0 Å². The molecule has 1 nitrogen and oxygen atoms in total. The van der Waals surface area contributed by atoms with Gasteiger partial charge in [-0.1, -0.05) is 30.5 Å². The van der Waals surface area contributed by atoms with Crippen LogP contribution in [0.3, 0.4) is 0 Å². The second kappa shape index (κ2) is 5.41. The molecule has 1 atom stereocenters. The minimum Gasteiger partial charge on any atom is -0.300 e. The summed E-state index contributed by atoms with van der Waals surface area (Å²) in [5.74, 6) is 2.68. The second-order valence-electron chi connectivity index (χ2n) is 2.83. The van der Waals surface area contributed by atoms with Crippen molar-refractivity contribution in [3.8, 4) is 12.3 Å². The van der Waals surface area contributed by atoms with Crippen LogP contribution in [-0.4, -0.2) is 6.54 Å². The average molecular weight is 273 g/mol. The van der Waals surface area contributed by atoms with E-state index in [-0.39, 0.29) is 6.04 Å². The van der Waals surface area contributed by atoms with Gasteiger partial charge in [-0.05, 0) is 40.2 Å². The average Bonchev–Trinajstić information content (AvgIpc) is 2.19. The SMILES string of the molecule is C#CC(NCC)c1ccc(Br)c(Cl)c1. The Morgan fingerprint density at radius 2 is 2.36 bits per heavy atom. The topological polar surface area (TPSA) is 12.0 Å². The Labute approximate surface area is 98.0 Å². The number of benzene rings is 1. The third-order valence-corrected chi connectivity index (χ3v) is 3.08. The minimum atomic E-state index is -0.0643. The van der Waals surface area contributed by atoms with Gasteiger partial charge in [0, 0.05) is 4.47 Å². The molecule has 0 saturated carbocycles. The van der Waals surface area contributed by atoms with Crippen LogP contribution in [-0.2, 0) is 0 Å². The summed E-state index contributed by atoms with van der Waals surface area (Å²) in [4.78, 5) is 0. The Hall–Kier alpha value is -0.490. The first-order chi connectivity index (χ1) is 6.69. The monoisotopic (exact) mass is 271 g/mol. The molecule has 0 aliphatic rings. The first-order valence-corrected chi connectivity index (χ1v) is 5.50. The zero-order chi connectivity index (χ0) is 10.6. The molecule has 0 aromatic heterocycles. The maximum absolute atomic E-state index is 5.97. The summed E-state index contributed by atoms with van der Waals surface area (Å²) in [7, 11) is 0. The fourth-order valence-electron chi connectivity index (χ4n) is 1.17. The molecule has 0 amide bonds. The van der Waals surface area contributed by atoms with Crippen molar-refractivity contribution in [3.05, 3.63) is 33.3 Å². The van der Waals surface area contributed by atoms with Gasteiger partial charge in [0.25, 0.3) is 0 Å². The van der Waals surface area contributed by atoms with E-state index in [9.17, 15) is 0 Å². The van der Waals surface area contributed by atoms with Gasteiger partial charge in [0.1, 0.15) is 0 Å². The molecule has 1 N–H and O–H groups in total. The third-order valence-electron chi connectivity index (χ3n) is 1.85. The molecule has 0 saturated heterocycles. The maximum Gasteiger partial charge on any atom is 0.0943 e. The summed E-state index contributed by atoms with van der Waals surface area (Å²) in [6, 6.07) is 5.67. The number of terminal acetylenes is 1. The van der Waals surface area contributed by atoms with Crippen LogP contribution in [0.1, 0.15) is 18.5 Å². The zero-order valence-electron chi connectivity index (χ0n) is 7.85. The van der Waals surface area contributed by atoms with Crippen LogP contribution < -0.4 is 5.32 Å². The number of hydrogen-bond acceptors (Lipinski definition) is 1. The van der Waals surface area contributed by atoms with Crippen molar-refractivity contribution in [2.24, 2.45) is 0 Å². The summed E-state index contributed by atoms with van der Waals surface area (Å²) in [5, 5.41) is 3.87. The fourth-order valence-corrected chi connectivity index (χ4v) is 1.60. The van der Waals surface area contributed by atoms with Crippen molar-refractivity contribution < 1.29 is 0 Å². The molecule has 74 valence electrons. The van der Waals surface area contributed by atoms with E-state index in [0.29, 0.717) is 5.02 Å². The molecular formula is C11H11BrClN. The first kappa shape index (κ1) is 11.6. The molecule has 0 aliphatic heterocycles. The fraction of sp³-hybridized carbons (Fsp3) is 0.273. The van der Waals surface area contributed by atoms with Crippen molar-refractivity contribution in [3.63, 3.8) is 0 Å². The lowest BCUT2D eigenvalue weighted by Crippen LogP contribution is -2.19. The van der Waals surface area contributed by atoms with Crippen molar-refractivity contribution >= 4 is 27.5 Å². The van der Waals surface area contributed by atoms with Crippen molar-refractivity contribution in [2.45, 2.75) is 13.0 Å². The lowest BCUT2D eigenvalue weighted by molar-refractivity contribution is 0.665. The highest BCUT2D eigenvalue weighted by Crippen LogP contribution is 2.25. The third kappa shape index (κ3) is 2.75. The van der Waals surface area contributed by atoms with E-state index < -0.39 is 0 Å². The zero-order valence-corrected chi connectivity index (χ0v) is 10.2. The molecule has 3 heteroatoms. The molecule has 0 heterocycles. The highest BCUT2D eigenvalue weighted by atomic mass is 79.9. The molecular weight excluding hydrogens is 261 g/mol. The summed E-state index contributed by atoms with van der Waals surface area (Å²) in [6.45, 7) is 2.85. The predicted molar refractivity (Wildman–Crippen MR) is 64.4 cm³/mol. The molecule has 0 bridgehead atoms. The molecule has 14 heavy (non-hydrogen) atoms. The molecule has 0 spiro atoms. The van der Waals surface area contributed by atoms with Crippen molar-refractivity contribution in [1.82, 2.24) is 5.32 Å². The lowest BCUT2D eigenvalue weighted by Gasteiger charge is -2.12. The molecule has 1 aromatic carbocycles. The van der Waals surface area contributed by atoms with Crippen molar-refractivity contribution in [1.29, 1.82) is 0 Å². The normalized spacial score (nSPS) is 12.1. The van der Waals surface area contributed by atoms with Crippen LogP contribution >= 0.6 is 27.5 Å². The Bertz CT molecular complexity index is 357. The summed E-state index contributed by atoms with van der Waals surface area (Å²) >= 11 is 9.31. The first-order valence-electron chi connectivity index (χ1n) is 4.33.